The Morgan fingerprint density at radius 3 is 2.57 bits per heavy atom. The summed E-state index contributed by atoms with van der Waals surface area (Å²) in [7, 11) is 0. The third-order valence-corrected chi connectivity index (χ3v) is 6.23. The lowest BCUT2D eigenvalue weighted by Crippen LogP contribution is -2.33. The van der Waals surface area contributed by atoms with Gasteiger partial charge in [-0.1, -0.05) is 72.0 Å². The van der Waals surface area contributed by atoms with Gasteiger partial charge in [-0.3, -0.25) is 5.32 Å². The van der Waals surface area contributed by atoms with Crippen LogP contribution in [0.1, 0.15) is 40.9 Å². The van der Waals surface area contributed by atoms with Crippen LogP contribution in [0.25, 0.3) is 10.8 Å². The van der Waals surface area contributed by atoms with Gasteiger partial charge in [-0.25, -0.2) is 4.79 Å². The van der Waals surface area contributed by atoms with E-state index in [-0.39, 0.29) is 5.75 Å². The Hall–Kier alpha value is -3.45. The summed E-state index contributed by atoms with van der Waals surface area (Å²) in [6.45, 7) is 0. The molecular formula is C23H20N4O2S. The van der Waals surface area contributed by atoms with E-state index in [2.05, 4.69) is 20.8 Å². The van der Waals surface area contributed by atoms with Gasteiger partial charge in [0.15, 0.2) is 0 Å². The molecule has 0 bridgehead atoms. The van der Waals surface area contributed by atoms with Gasteiger partial charge in [-0.15, -0.1) is 10.2 Å². The molecule has 0 spiro atoms. The number of rotatable bonds is 5. The number of amides is 2. The average Bonchev–Trinajstić information content (AvgIpc) is 3.52. The first-order valence-electron chi connectivity index (χ1n) is 9.85. The van der Waals surface area contributed by atoms with E-state index in [0.29, 0.717) is 16.6 Å². The van der Waals surface area contributed by atoms with Gasteiger partial charge in [-0.2, -0.15) is 0 Å². The van der Waals surface area contributed by atoms with Crippen molar-refractivity contribution in [3.8, 4) is 5.75 Å². The standard InChI is InChI=1S/C23H20N4O2S/c28-18-13-12-14-6-4-5-9-17(14)19(18)20(15-7-2-1-3-8-15)24-22(29)25-23-27-26-21(30-23)16-10-11-16/h1-9,12-13,16,20,28H,10-11H2,(H2,24,25,27,29). The molecule has 0 aliphatic heterocycles. The van der Waals surface area contributed by atoms with E-state index >= 15 is 0 Å². The zero-order chi connectivity index (χ0) is 20.5. The molecule has 1 unspecified atom stereocenters. The van der Waals surface area contributed by atoms with E-state index in [1.807, 2.05) is 60.7 Å². The highest BCUT2D eigenvalue weighted by molar-refractivity contribution is 7.15. The number of hydrogen-bond acceptors (Lipinski definition) is 5. The number of phenols is 1. The van der Waals surface area contributed by atoms with E-state index < -0.39 is 12.1 Å². The molecule has 30 heavy (non-hydrogen) atoms. The van der Waals surface area contributed by atoms with Crippen LogP contribution in [0.15, 0.2) is 66.7 Å². The molecule has 1 heterocycles. The number of benzene rings is 3. The van der Waals surface area contributed by atoms with Gasteiger partial charge < -0.3 is 10.4 Å². The largest absolute Gasteiger partial charge is 0.508 e. The number of anilines is 1. The maximum absolute atomic E-state index is 12.8. The third-order valence-electron chi connectivity index (χ3n) is 5.23. The number of carbonyl (C=O) groups is 1. The van der Waals surface area contributed by atoms with Crippen molar-refractivity contribution in [2.24, 2.45) is 0 Å². The molecule has 1 aromatic heterocycles. The van der Waals surface area contributed by atoms with Crippen LogP contribution in [0.4, 0.5) is 9.93 Å². The summed E-state index contributed by atoms with van der Waals surface area (Å²) in [4.78, 5) is 12.8. The molecule has 3 aromatic carbocycles. The summed E-state index contributed by atoms with van der Waals surface area (Å²) in [5.41, 5.74) is 1.53. The number of fused-ring (bicyclic) bond motifs is 1. The van der Waals surface area contributed by atoms with Crippen LogP contribution in [0.3, 0.4) is 0 Å². The first-order valence-corrected chi connectivity index (χ1v) is 10.7. The van der Waals surface area contributed by atoms with Crippen molar-refractivity contribution in [3.63, 3.8) is 0 Å². The minimum atomic E-state index is -0.534. The van der Waals surface area contributed by atoms with E-state index in [4.69, 9.17) is 0 Å². The summed E-state index contributed by atoms with van der Waals surface area (Å²) in [5, 5.41) is 28.1. The summed E-state index contributed by atoms with van der Waals surface area (Å²) in [6, 6.07) is 20.0. The molecule has 0 saturated heterocycles. The van der Waals surface area contributed by atoms with Crippen molar-refractivity contribution in [2.75, 3.05) is 5.32 Å². The highest BCUT2D eigenvalue weighted by atomic mass is 32.1. The van der Waals surface area contributed by atoms with Crippen molar-refractivity contribution in [3.05, 3.63) is 82.9 Å². The molecule has 1 fully saturated rings. The van der Waals surface area contributed by atoms with Gasteiger partial charge in [0.25, 0.3) is 0 Å². The normalized spacial score (nSPS) is 14.4. The molecule has 1 atom stereocenters. The lowest BCUT2D eigenvalue weighted by Gasteiger charge is -2.22. The summed E-state index contributed by atoms with van der Waals surface area (Å²) in [5.74, 6) is 0.626. The number of aromatic hydroxyl groups is 1. The van der Waals surface area contributed by atoms with Gasteiger partial charge in [-0.05, 0) is 35.2 Å². The van der Waals surface area contributed by atoms with Crippen LogP contribution in [0, 0.1) is 0 Å². The minimum absolute atomic E-state index is 0.134. The molecule has 0 radical (unpaired) electrons. The average molecular weight is 417 g/mol. The maximum atomic E-state index is 12.8. The second-order valence-electron chi connectivity index (χ2n) is 7.38. The van der Waals surface area contributed by atoms with Crippen molar-refractivity contribution >= 4 is 33.3 Å². The van der Waals surface area contributed by atoms with Crippen molar-refractivity contribution < 1.29 is 9.90 Å². The zero-order valence-corrected chi connectivity index (χ0v) is 16.9. The fourth-order valence-electron chi connectivity index (χ4n) is 3.60. The molecule has 150 valence electrons. The number of carbonyl (C=O) groups excluding carboxylic acids is 1. The van der Waals surface area contributed by atoms with Crippen molar-refractivity contribution in [1.29, 1.82) is 0 Å². The first kappa shape index (κ1) is 18.6. The zero-order valence-electron chi connectivity index (χ0n) is 16.1. The molecule has 1 saturated carbocycles. The van der Waals surface area contributed by atoms with Crippen LogP contribution in [0.5, 0.6) is 5.75 Å². The predicted octanol–water partition coefficient (Wildman–Crippen LogP) is 5.19. The number of hydrogen-bond donors (Lipinski definition) is 3. The molecule has 3 N–H and O–H groups in total. The van der Waals surface area contributed by atoms with Gasteiger partial charge in [0.05, 0.1) is 6.04 Å². The summed E-state index contributed by atoms with van der Waals surface area (Å²) in [6.07, 6.45) is 2.27. The Morgan fingerprint density at radius 2 is 1.77 bits per heavy atom. The summed E-state index contributed by atoms with van der Waals surface area (Å²) >= 11 is 1.41. The maximum Gasteiger partial charge on any atom is 0.321 e. The Bertz CT molecular complexity index is 1200. The van der Waals surface area contributed by atoms with Gasteiger partial charge in [0.2, 0.25) is 5.13 Å². The van der Waals surface area contributed by atoms with Crippen LogP contribution in [-0.2, 0) is 0 Å². The minimum Gasteiger partial charge on any atom is -0.508 e. The number of urea groups is 1. The van der Waals surface area contributed by atoms with Crippen LogP contribution in [0.2, 0.25) is 0 Å². The number of nitrogens with zero attached hydrogens (tertiary/aromatic N) is 2. The van der Waals surface area contributed by atoms with Crippen LogP contribution in [-0.4, -0.2) is 21.3 Å². The highest BCUT2D eigenvalue weighted by Crippen LogP contribution is 2.42. The second-order valence-corrected chi connectivity index (χ2v) is 8.39. The third kappa shape index (κ3) is 3.71. The highest BCUT2D eigenvalue weighted by Gasteiger charge is 2.28. The van der Waals surface area contributed by atoms with E-state index in [0.717, 1.165) is 34.2 Å². The first-order chi connectivity index (χ1) is 14.7. The molecular weight excluding hydrogens is 396 g/mol. The topological polar surface area (TPSA) is 87.1 Å². The number of phenolic OH excluding ortho intramolecular Hbond substituents is 1. The van der Waals surface area contributed by atoms with E-state index in [1.54, 1.807) is 6.07 Å². The molecule has 1 aliphatic carbocycles. The monoisotopic (exact) mass is 416 g/mol. The molecule has 2 amide bonds. The van der Waals surface area contributed by atoms with Crippen molar-refractivity contribution in [2.45, 2.75) is 24.8 Å². The van der Waals surface area contributed by atoms with Crippen LogP contribution >= 0.6 is 11.3 Å². The Kier molecular flexibility index (Phi) is 4.80. The quantitative estimate of drug-likeness (QED) is 0.418. The van der Waals surface area contributed by atoms with Gasteiger partial charge in [0, 0.05) is 11.5 Å². The lowest BCUT2D eigenvalue weighted by molar-refractivity contribution is 0.250. The van der Waals surface area contributed by atoms with Gasteiger partial charge in [0.1, 0.15) is 10.8 Å². The molecule has 7 heteroatoms. The Labute approximate surface area is 177 Å². The SMILES string of the molecule is O=C(Nc1nnc(C2CC2)s1)NC(c1ccccc1)c1c(O)ccc2ccccc12. The molecule has 6 nitrogen and oxygen atoms in total. The molecule has 1 aliphatic rings. The lowest BCUT2D eigenvalue weighted by atomic mass is 9.93. The fourth-order valence-corrected chi connectivity index (χ4v) is 4.51. The fraction of sp³-hybridized carbons (Fsp3) is 0.174. The van der Waals surface area contributed by atoms with E-state index in [9.17, 15) is 9.90 Å². The molecule has 4 aromatic rings. The predicted molar refractivity (Wildman–Crippen MR) is 118 cm³/mol. The van der Waals surface area contributed by atoms with Crippen molar-refractivity contribution in [1.82, 2.24) is 15.5 Å². The number of nitrogens with one attached hydrogen (secondary N) is 2. The Morgan fingerprint density at radius 1 is 1.00 bits per heavy atom. The van der Waals surface area contributed by atoms with Gasteiger partial charge >= 0.3 is 6.03 Å². The smallest absolute Gasteiger partial charge is 0.321 e. The van der Waals surface area contributed by atoms with Crippen LogP contribution < -0.4 is 10.6 Å². The summed E-state index contributed by atoms with van der Waals surface area (Å²) < 4.78 is 0. The molecule has 5 rings (SSSR count). The van der Waals surface area contributed by atoms with E-state index in [1.165, 1.54) is 11.3 Å². The second kappa shape index (κ2) is 7.76. The Balaban J connectivity index is 1.48. The number of aromatic nitrogens is 2.